The Morgan fingerprint density at radius 3 is 2.74 bits per heavy atom. The standard InChI is InChI=1S/C20H25ClN2O4/c1-4-27-19(24)18-12(2)5-6-13-10-23(11-15(13)18)20(25)22-14-7-8-17(26-3)16(21)9-14/h5-9,12-13,15,18H,4,10-11H2,1-3H3,(H,22,25)/t12-,13-,15-,18-/m0/s1. The molecule has 1 aromatic rings. The first kappa shape index (κ1) is 19.5. The predicted molar refractivity (Wildman–Crippen MR) is 104 cm³/mol. The highest BCUT2D eigenvalue weighted by molar-refractivity contribution is 6.32. The number of fused-ring (bicyclic) bond motifs is 1. The summed E-state index contributed by atoms with van der Waals surface area (Å²) in [5.41, 5.74) is 0.603. The number of nitrogens with one attached hydrogen (secondary N) is 1. The van der Waals surface area contributed by atoms with E-state index in [0.717, 1.165) is 0 Å². The summed E-state index contributed by atoms with van der Waals surface area (Å²) in [5.74, 6) is 0.517. The van der Waals surface area contributed by atoms with Crippen LogP contribution in [0.15, 0.2) is 30.4 Å². The van der Waals surface area contributed by atoms with Gasteiger partial charge in [-0.1, -0.05) is 30.7 Å². The number of allylic oxidation sites excluding steroid dienone is 1. The van der Waals surface area contributed by atoms with Gasteiger partial charge in [0, 0.05) is 18.8 Å². The molecule has 2 amide bonds. The van der Waals surface area contributed by atoms with E-state index >= 15 is 0 Å². The molecule has 2 aliphatic rings. The summed E-state index contributed by atoms with van der Waals surface area (Å²) < 4.78 is 10.4. The van der Waals surface area contributed by atoms with Gasteiger partial charge in [-0.05, 0) is 42.9 Å². The van der Waals surface area contributed by atoms with Crippen molar-refractivity contribution in [2.45, 2.75) is 13.8 Å². The fourth-order valence-electron chi connectivity index (χ4n) is 4.01. The zero-order chi connectivity index (χ0) is 19.6. The number of hydrogen-bond acceptors (Lipinski definition) is 4. The van der Waals surface area contributed by atoms with Gasteiger partial charge in [0.1, 0.15) is 5.75 Å². The van der Waals surface area contributed by atoms with Gasteiger partial charge in [0.2, 0.25) is 0 Å². The molecule has 0 radical (unpaired) electrons. The molecule has 1 N–H and O–H groups in total. The molecular weight excluding hydrogens is 368 g/mol. The summed E-state index contributed by atoms with van der Waals surface area (Å²) in [6, 6.07) is 4.91. The average molecular weight is 393 g/mol. The van der Waals surface area contributed by atoms with E-state index in [9.17, 15) is 9.59 Å². The number of ether oxygens (including phenoxy) is 2. The van der Waals surface area contributed by atoms with Gasteiger partial charge in [-0.15, -0.1) is 0 Å². The molecule has 0 aromatic heterocycles. The lowest BCUT2D eigenvalue weighted by Crippen LogP contribution is -2.38. The summed E-state index contributed by atoms with van der Waals surface area (Å²) in [7, 11) is 1.54. The number of esters is 1. The third-order valence-corrected chi connectivity index (χ3v) is 5.65. The molecule has 1 aromatic carbocycles. The van der Waals surface area contributed by atoms with Crippen LogP contribution in [0.4, 0.5) is 10.5 Å². The molecule has 0 unspecified atom stereocenters. The Labute approximate surface area is 164 Å². The van der Waals surface area contributed by atoms with Crippen LogP contribution in [0.5, 0.6) is 5.75 Å². The summed E-state index contributed by atoms with van der Waals surface area (Å²) in [6.45, 7) is 5.31. The highest BCUT2D eigenvalue weighted by Crippen LogP contribution is 2.40. The van der Waals surface area contributed by atoms with Crippen molar-refractivity contribution >= 4 is 29.3 Å². The molecule has 27 heavy (non-hydrogen) atoms. The number of anilines is 1. The molecule has 0 bridgehead atoms. The van der Waals surface area contributed by atoms with Crippen molar-refractivity contribution in [3.63, 3.8) is 0 Å². The number of halogens is 1. The maximum atomic E-state index is 12.7. The third kappa shape index (κ3) is 4.05. The van der Waals surface area contributed by atoms with Gasteiger partial charge >= 0.3 is 12.0 Å². The predicted octanol–water partition coefficient (Wildman–Crippen LogP) is 3.81. The fraction of sp³-hybridized carbons (Fsp3) is 0.500. The number of rotatable bonds is 4. The van der Waals surface area contributed by atoms with Crippen LogP contribution >= 0.6 is 11.6 Å². The molecule has 4 atom stereocenters. The molecular formula is C20H25ClN2O4. The number of hydrogen-bond donors (Lipinski definition) is 1. The second-order valence-corrected chi connectivity index (χ2v) is 7.44. The van der Waals surface area contributed by atoms with Crippen LogP contribution in [-0.4, -0.2) is 43.7 Å². The Kier molecular flexibility index (Phi) is 5.95. The molecule has 1 saturated heterocycles. The first-order valence-corrected chi connectivity index (χ1v) is 9.56. The Bertz CT molecular complexity index is 751. The maximum Gasteiger partial charge on any atom is 0.321 e. The van der Waals surface area contributed by atoms with E-state index in [1.54, 1.807) is 30.2 Å². The van der Waals surface area contributed by atoms with Crippen LogP contribution in [0.2, 0.25) is 5.02 Å². The minimum absolute atomic E-state index is 0.0780. The number of benzene rings is 1. The molecule has 0 spiro atoms. The van der Waals surface area contributed by atoms with E-state index < -0.39 is 0 Å². The molecule has 1 fully saturated rings. The van der Waals surface area contributed by atoms with Crippen molar-refractivity contribution in [1.82, 2.24) is 4.90 Å². The Balaban J connectivity index is 1.69. The molecule has 3 rings (SSSR count). The highest BCUT2D eigenvalue weighted by Gasteiger charge is 2.45. The second kappa shape index (κ2) is 8.21. The van der Waals surface area contributed by atoms with Crippen molar-refractivity contribution in [2.24, 2.45) is 23.7 Å². The van der Waals surface area contributed by atoms with Gasteiger partial charge in [0.15, 0.2) is 0 Å². The third-order valence-electron chi connectivity index (χ3n) is 5.35. The Morgan fingerprint density at radius 2 is 2.07 bits per heavy atom. The topological polar surface area (TPSA) is 67.9 Å². The number of amides is 2. The number of methoxy groups -OCH3 is 1. The van der Waals surface area contributed by atoms with Crippen LogP contribution in [-0.2, 0) is 9.53 Å². The minimum Gasteiger partial charge on any atom is -0.495 e. The van der Waals surface area contributed by atoms with Crippen LogP contribution in [0.25, 0.3) is 0 Å². The van der Waals surface area contributed by atoms with Crippen molar-refractivity contribution in [3.05, 3.63) is 35.4 Å². The lowest BCUT2D eigenvalue weighted by atomic mass is 9.72. The van der Waals surface area contributed by atoms with Crippen LogP contribution in [0.3, 0.4) is 0 Å². The Morgan fingerprint density at radius 1 is 1.30 bits per heavy atom. The van der Waals surface area contributed by atoms with Gasteiger partial charge < -0.3 is 19.7 Å². The molecule has 1 heterocycles. The van der Waals surface area contributed by atoms with Gasteiger partial charge in [-0.2, -0.15) is 0 Å². The minimum atomic E-state index is -0.215. The SMILES string of the molecule is CCOC(=O)[C@@H]1[C@H]2CN(C(=O)Nc3ccc(OC)c(Cl)c3)C[C@@H]2C=C[C@@H]1C. The zero-order valence-corrected chi connectivity index (χ0v) is 16.5. The zero-order valence-electron chi connectivity index (χ0n) is 15.8. The first-order valence-electron chi connectivity index (χ1n) is 9.19. The van der Waals surface area contributed by atoms with Gasteiger partial charge in [0.05, 0.1) is 24.7 Å². The summed E-state index contributed by atoms with van der Waals surface area (Å²) in [4.78, 5) is 26.9. The van der Waals surface area contributed by atoms with Gasteiger partial charge in [-0.25, -0.2) is 4.79 Å². The van der Waals surface area contributed by atoms with E-state index in [2.05, 4.69) is 17.5 Å². The van der Waals surface area contributed by atoms with E-state index in [0.29, 0.717) is 36.2 Å². The lowest BCUT2D eigenvalue weighted by Gasteiger charge is -2.31. The van der Waals surface area contributed by atoms with Crippen molar-refractivity contribution in [3.8, 4) is 5.75 Å². The van der Waals surface area contributed by atoms with Crippen molar-refractivity contribution in [1.29, 1.82) is 0 Å². The number of carbonyl (C=O) groups excluding carboxylic acids is 2. The van der Waals surface area contributed by atoms with Crippen LogP contribution in [0, 0.1) is 23.7 Å². The molecule has 6 nitrogen and oxygen atoms in total. The van der Waals surface area contributed by atoms with E-state index in [-0.39, 0.29) is 35.7 Å². The van der Waals surface area contributed by atoms with E-state index in [4.69, 9.17) is 21.1 Å². The first-order chi connectivity index (χ1) is 12.9. The second-order valence-electron chi connectivity index (χ2n) is 7.03. The largest absolute Gasteiger partial charge is 0.495 e. The van der Waals surface area contributed by atoms with Gasteiger partial charge in [-0.3, -0.25) is 4.79 Å². The fourth-order valence-corrected chi connectivity index (χ4v) is 4.26. The number of urea groups is 1. The summed E-state index contributed by atoms with van der Waals surface area (Å²) in [5, 5.41) is 3.31. The monoisotopic (exact) mass is 392 g/mol. The Hall–Kier alpha value is -2.21. The van der Waals surface area contributed by atoms with E-state index in [1.165, 1.54) is 0 Å². The molecule has 1 aliphatic heterocycles. The van der Waals surface area contributed by atoms with Crippen LogP contribution in [0.1, 0.15) is 13.8 Å². The van der Waals surface area contributed by atoms with E-state index in [1.807, 2.05) is 13.8 Å². The highest BCUT2D eigenvalue weighted by atomic mass is 35.5. The summed E-state index contributed by atoms with van der Waals surface area (Å²) in [6.07, 6.45) is 4.19. The lowest BCUT2D eigenvalue weighted by molar-refractivity contribution is -0.152. The number of carbonyl (C=O) groups is 2. The van der Waals surface area contributed by atoms with Crippen LogP contribution < -0.4 is 10.1 Å². The quantitative estimate of drug-likeness (QED) is 0.624. The van der Waals surface area contributed by atoms with Crippen molar-refractivity contribution < 1.29 is 19.1 Å². The molecule has 146 valence electrons. The normalized spacial score (nSPS) is 26.4. The number of nitrogens with zero attached hydrogens (tertiary/aromatic N) is 1. The molecule has 1 aliphatic carbocycles. The molecule has 0 saturated carbocycles. The average Bonchev–Trinajstić information content (AvgIpc) is 3.06. The van der Waals surface area contributed by atoms with Crippen molar-refractivity contribution in [2.75, 3.05) is 32.1 Å². The molecule has 7 heteroatoms. The maximum absolute atomic E-state index is 12.7. The smallest absolute Gasteiger partial charge is 0.321 e. The number of likely N-dealkylation sites (tertiary alicyclic amines) is 1. The summed E-state index contributed by atoms with van der Waals surface area (Å²) >= 11 is 6.12. The van der Waals surface area contributed by atoms with Gasteiger partial charge in [0.25, 0.3) is 0 Å².